The summed E-state index contributed by atoms with van der Waals surface area (Å²) in [6.07, 6.45) is 1.33. The standard InChI is InChI=1S/C9H7BrN2O/c1-6-4-7(2-3-8(6)10)9-11-5-13-12-9/h2-5H,1H3. The minimum Gasteiger partial charge on any atom is -0.342 e. The average molecular weight is 239 g/mol. The third-order valence-corrected chi connectivity index (χ3v) is 2.67. The van der Waals surface area contributed by atoms with Gasteiger partial charge in [-0.3, -0.25) is 0 Å². The second kappa shape index (κ2) is 3.30. The third-order valence-electron chi connectivity index (χ3n) is 1.78. The molecule has 0 unspecified atom stereocenters. The smallest absolute Gasteiger partial charge is 0.214 e. The largest absolute Gasteiger partial charge is 0.342 e. The molecule has 0 amide bonds. The Hall–Kier alpha value is -1.16. The molecule has 0 fully saturated rings. The normalized spacial score (nSPS) is 10.3. The molecule has 4 heteroatoms. The first-order valence-electron chi connectivity index (χ1n) is 3.80. The molecule has 2 aromatic rings. The van der Waals surface area contributed by atoms with Gasteiger partial charge in [-0.25, -0.2) is 0 Å². The highest BCUT2D eigenvalue weighted by molar-refractivity contribution is 9.10. The van der Waals surface area contributed by atoms with Gasteiger partial charge in [0, 0.05) is 10.0 Å². The Labute approximate surface area is 83.9 Å². The fourth-order valence-electron chi connectivity index (χ4n) is 1.08. The van der Waals surface area contributed by atoms with Gasteiger partial charge in [-0.15, -0.1) is 0 Å². The van der Waals surface area contributed by atoms with Crippen LogP contribution in [0.4, 0.5) is 0 Å². The van der Waals surface area contributed by atoms with Gasteiger partial charge in [0.15, 0.2) is 0 Å². The minimum atomic E-state index is 0.621. The lowest BCUT2D eigenvalue weighted by Gasteiger charge is -1.99. The van der Waals surface area contributed by atoms with E-state index in [1.165, 1.54) is 6.39 Å². The molecule has 0 aliphatic heterocycles. The van der Waals surface area contributed by atoms with Crippen LogP contribution < -0.4 is 0 Å². The lowest BCUT2D eigenvalue weighted by Crippen LogP contribution is -1.82. The van der Waals surface area contributed by atoms with Gasteiger partial charge in [0.2, 0.25) is 12.2 Å². The molecule has 1 heterocycles. The molecular formula is C9H7BrN2O. The van der Waals surface area contributed by atoms with E-state index in [0.29, 0.717) is 5.82 Å². The molecule has 13 heavy (non-hydrogen) atoms. The van der Waals surface area contributed by atoms with Crippen molar-refractivity contribution in [2.24, 2.45) is 0 Å². The van der Waals surface area contributed by atoms with Gasteiger partial charge in [0.05, 0.1) is 0 Å². The van der Waals surface area contributed by atoms with E-state index in [9.17, 15) is 0 Å². The molecule has 0 aliphatic rings. The molecule has 2 rings (SSSR count). The Kier molecular flexibility index (Phi) is 2.14. The van der Waals surface area contributed by atoms with Crippen LogP contribution in [0.2, 0.25) is 0 Å². The molecule has 0 aliphatic carbocycles. The van der Waals surface area contributed by atoms with Crippen molar-refractivity contribution >= 4 is 15.9 Å². The summed E-state index contributed by atoms with van der Waals surface area (Å²) in [5.41, 5.74) is 2.12. The van der Waals surface area contributed by atoms with E-state index in [4.69, 9.17) is 0 Å². The summed E-state index contributed by atoms with van der Waals surface area (Å²) in [6, 6.07) is 5.93. The maximum Gasteiger partial charge on any atom is 0.214 e. The number of benzene rings is 1. The van der Waals surface area contributed by atoms with Crippen LogP contribution in [0.25, 0.3) is 11.4 Å². The van der Waals surface area contributed by atoms with E-state index in [-0.39, 0.29) is 0 Å². The SMILES string of the molecule is Cc1cc(-c2ncon2)ccc1Br. The van der Waals surface area contributed by atoms with Crippen molar-refractivity contribution in [3.05, 3.63) is 34.6 Å². The van der Waals surface area contributed by atoms with E-state index >= 15 is 0 Å². The quantitative estimate of drug-likeness (QED) is 0.767. The lowest BCUT2D eigenvalue weighted by molar-refractivity contribution is 0.419. The van der Waals surface area contributed by atoms with Crippen molar-refractivity contribution in [2.75, 3.05) is 0 Å². The van der Waals surface area contributed by atoms with Gasteiger partial charge in [-0.2, -0.15) is 4.98 Å². The third kappa shape index (κ3) is 1.62. The first-order valence-corrected chi connectivity index (χ1v) is 4.59. The number of aromatic nitrogens is 2. The molecule has 0 atom stereocenters. The van der Waals surface area contributed by atoms with Gasteiger partial charge >= 0.3 is 0 Å². The van der Waals surface area contributed by atoms with E-state index in [1.54, 1.807) is 0 Å². The highest BCUT2D eigenvalue weighted by Crippen LogP contribution is 2.22. The average Bonchev–Trinajstić information content (AvgIpc) is 2.62. The summed E-state index contributed by atoms with van der Waals surface area (Å²) in [6.45, 7) is 2.02. The summed E-state index contributed by atoms with van der Waals surface area (Å²) < 4.78 is 5.75. The molecule has 66 valence electrons. The highest BCUT2D eigenvalue weighted by Gasteiger charge is 2.03. The first-order chi connectivity index (χ1) is 6.27. The molecule has 0 saturated heterocycles. The number of nitrogens with zero attached hydrogens (tertiary/aromatic N) is 2. The Morgan fingerprint density at radius 1 is 1.38 bits per heavy atom. The Bertz CT molecular complexity index is 412. The Balaban J connectivity index is 2.49. The maximum absolute atomic E-state index is 4.67. The van der Waals surface area contributed by atoms with Crippen LogP contribution in [0.15, 0.2) is 33.6 Å². The van der Waals surface area contributed by atoms with Crippen LogP contribution >= 0.6 is 15.9 Å². The molecular weight excluding hydrogens is 232 g/mol. The van der Waals surface area contributed by atoms with Crippen LogP contribution in [0.3, 0.4) is 0 Å². The number of halogens is 1. The van der Waals surface area contributed by atoms with Crippen LogP contribution in [0.5, 0.6) is 0 Å². The topological polar surface area (TPSA) is 38.9 Å². The molecule has 0 spiro atoms. The molecule has 0 radical (unpaired) electrons. The summed E-state index contributed by atoms with van der Waals surface area (Å²) in [5.74, 6) is 0.621. The van der Waals surface area contributed by atoms with E-state index in [2.05, 4.69) is 30.6 Å². The fourth-order valence-corrected chi connectivity index (χ4v) is 1.33. The second-order valence-corrected chi connectivity index (χ2v) is 3.57. The van der Waals surface area contributed by atoms with E-state index in [0.717, 1.165) is 15.6 Å². The number of aryl methyl sites for hydroxylation is 1. The molecule has 1 aromatic carbocycles. The molecule has 1 aromatic heterocycles. The molecule has 0 bridgehead atoms. The summed E-state index contributed by atoms with van der Waals surface area (Å²) >= 11 is 3.43. The van der Waals surface area contributed by atoms with Gasteiger partial charge < -0.3 is 4.52 Å². The number of rotatable bonds is 1. The van der Waals surface area contributed by atoms with Crippen LogP contribution in [-0.2, 0) is 0 Å². The highest BCUT2D eigenvalue weighted by atomic mass is 79.9. The summed E-state index contributed by atoms with van der Waals surface area (Å²) in [7, 11) is 0. The van der Waals surface area contributed by atoms with E-state index < -0.39 is 0 Å². The summed E-state index contributed by atoms with van der Waals surface area (Å²) in [5, 5.41) is 3.76. The first kappa shape index (κ1) is 8.44. The Morgan fingerprint density at radius 3 is 2.85 bits per heavy atom. The van der Waals surface area contributed by atoms with Gasteiger partial charge in [0.25, 0.3) is 0 Å². The minimum absolute atomic E-state index is 0.621. The Morgan fingerprint density at radius 2 is 2.23 bits per heavy atom. The molecule has 0 saturated carbocycles. The van der Waals surface area contributed by atoms with Gasteiger partial charge in [-0.05, 0) is 30.7 Å². The zero-order valence-corrected chi connectivity index (χ0v) is 8.58. The second-order valence-electron chi connectivity index (χ2n) is 2.72. The molecule has 0 N–H and O–H groups in total. The van der Waals surface area contributed by atoms with Crippen molar-refractivity contribution in [3.63, 3.8) is 0 Å². The van der Waals surface area contributed by atoms with Crippen molar-refractivity contribution < 1.29 is 4.52 Å². The zero-order chi connectivity index (χ0) is 9.26. The number of hydrogen-bond acceptors (Lipinski definition) is 3. The van der Waals surface area contributed by atoms with Gasteiger partial charge in [-0.1, -0.05) is 21.1 Å². The van der Waals surface area contributed by atoms with E-state index in [1.807, 2.05) is 25.1 Å². The van der Waals surface area contributed by atoms with Gasteiger partial charge in [0.1, 0.15) is 0 Å². The number of hydrogen-bond donors (Lipinski definition) is 0. The monoisotopic (exact) mass is 238 g/mol. The maximum atomic E-state index is 4.67. The van der Waals surface area contributed by atoms with Crippen LogP contribution in [-0.4, -0.2) is 10.1 Å². The predicted octanol–water partition coefficient (Wildman–Crippen LogP) is 2.81. The van der Waals surface area contributed by atoms with Crippen molar-refractivity contribution in [3.8, 4) is 11.4 Å². The van der Waals surface area contributed by atoms with Crippen molar-refractivity contribution in [1.29, 1.82) is 0 Å². The fraction of sp³-hybridized carbons (Fsp3) is 0.111. The summed E-state index contributed by atoms with van der Waals surface area (Å²) in [4.78, 5) is 3.96. The van der Waals surface area contributed by atoms with Crippen molar-refractivity contribution in [2.45, 2.75) is 6.92 Å². The van der Waals surface area contributed by atoms with Crippen molar-refractivity contribution in [1.82, 2.24) is 10.1 Å². The zero-order valence-electron chi connectivity index (χ0n) is 6.99. The van der Waals surface area contributed by atoms with Crippen LogP contribution in [0, 0.1) is 6.92 Å². The lowest BCUT2D eigenvalue weighted by atomic mass is 10.1. The van der Waals surface area contributed by atoms with Crippen LogP contribution in [0.1, 0.15) is 5.56 Å². The molecule has 3 nitrogen and oxygen atoms in total. The predicted molar refractivity (Wildman–Crippen MR) is 52.2 cm³/mol.